The average Bonchev–Trinajstić information content (AvgIpc) is 3.38. The van der Waals surface area contributed by atoms with Gasteiger partial charge in [0.2, 0.25) is 0 Å². The molecule has 0 atom stereocenters. The lowest BCUT2D eigenvalue weighted by Gasteiger charge is -2.22. The zero-order chi connectivity index (χ0) is 14.2. The van der Waals surface area contributed by atoms with Crippen molar-refractivity contribution in [2.75, 3.05) is 13.6 Å². The minimum atomic E-state index is 0.811. The van der Waals surface area contributed by atoms with Crippen molar-refractivity contribution in [1.29, 1.82) is 0 Å². The Balaban J connectivity index is 1.64. The molecule has 2 saturated carbocycles. The second-order valence-corrected chi connectivity index (χ2v) is 6.63. The SMILES string of the molecule is CNCc1oc2ccccc2c1CN(CC1CC1)C1CC1. The third kappa shape index (κ3) is 2.85. The first kappa shape index (κ1) is 13.4. The number of fused-ring (bicyclic) bond motifs is 1. The highest BCUT2D eigenvalue weighted by atomic mass is 16.3. The number of para-hydroxylation sites is 1. The summed E-state index contributed by atoms with van der Waals surface area (Å²) in [4.78, 5) is 2.70. The van der Waals surface area contributed by atoms with Gasteiger partial charge in [-0.3, -0.25) is 4.90 Å². The molecule has 3 nitrogen and oxygen atoms in total. The third-order valence-electron chi connectivity index (χ3n) is 4.73. The highest BCUT2D eigenvalue weighted by molar-refractivity contribution is 5.82. The highest BCUT2D eigenvalue weighted by Gasteiger charge is 2.34. The van der Waals surface area contributed by atoms with Crippen LogP contribution in [0.3, 0.4) is 0 Å². The molecule has 0 radical (unpaired) electrons. The molecule has 1 aromatic carbocycles. The number of hydrogen-bond acceptors (Lipinski definition) is 3. The van der Waals surface area contributed by atoms with Crippen LogP contribution in [0.2, 0.25) is 0 Å². The summed E-state index contributed by atoms with van der Waals surface area (Å²) < 4.78 is 6.07. The van der Waals surface area contributed by atoms with Crippen LogP contribution in [0, 0.1) is 5.92 Å². The van der Waals surface area contributed by atoms with Gasteiger partial charge in [0, 0.05) is 30.1 Å². The summed E-state index contributed by atoms with van der Waals surface area (Å²) in [5.74, 6) is 2.07. The van der Waals surface area contributed by atoms with Crippen LogP contribution in [0.5, 0.6) is 0 Å². The fraction of sp³-hybridized carbons (Fsp3) is 0.556. The Hall–Kier alpha value is -1.32. The molecule has 0 bridgehead atoms. The minimum Gasteiger partial charge on any atom is -0.459 e. The summed E-state index contributed by atoms with van der Waals surface area (Å²) >= 11 is 0. The van der Waals surface area contributed by atoms with E-state index in [9.17, 15) is 0 Å². The zero-order valence-electron chi connectivity index (χ0n) is 12.8. The van der Waals surface area contributed by atoms with E-state index in [0.29, 0.717) is 0 Å². The van der Waals surface area contributed by atoms with Gasteiger partial charge in [0.1, 0.15) is 11.3 Å². The molecule has 0 amide bonds. The molecule has 0 saturated heterocycles. The Morgan fingerprint density at radius 3 is 2.71 bits per heavy atom. The summed E-state index contributed by atoms with van der Waals surface area (Å²) in [7, 11) is 1.99. The quantitative estimate of drug-likeness (QED) is 0.843. The molecule has 1 heterocycles. The first-order valence-electron chi connectivity index (χ1n) is 8.23. The number of furan rings is 1. The first-order valence-corrected chi connectivity index (χ1v) is 8.23. The van der Waals surface area contributed by atoms with E-state index in [1.54, 1.807) is 0 Å². The lowest BCUT2D eigenvalue weighted by molar-refractivity contribution is 0.242. The Bertz CT molecular complexity index is 625. The van der Waals surface area contributed by atoms with Crippen molar-refractivity contribution in [1.82, 2.24) is 10.2 Å². The average molecular weight is 284 g/mol. The first-order chi connectivity index (χ1) is 10.3. The van der Waals surface area contributed by atoms with Crippen molar-refractivity contribution in [3.63, 3.8) is 0 Å². The van der Waals surface area contributed by atoms with Gasteiger partial charge in [0.25, 0.3) is 0 Å². The van der Waals surface area contributed by atoms with Gasteiger partial charge in [-0.15, -0.1) is 0 Å². The van der Waals surface area contributed by atoms with Gasteiger partial charge in [-0.25, -0.2) is 0 Å². The molecular formula is C18H24N2O. The Morgan fingerprint density at radius 1 is 1.19 bits per heavy atom. The van der Waals surface area contributed by atoms with Crippen molar-refractivity contribution in [3.05, 3.63) is 35.6 Å². The zero-order valence-corrected chi connectivity index (χ0v) is 12.8. The molecule has 2 aliphatic rings. The predicted molar refractivity (Wildman–Crippen MR) is 85.1 cm³/mol. The van der Waals surface area contributed by atoms with Gasteiger partial charge in [-0.1, -0.05) is 18.2 Å². The van der Waals surface area contributed by atoms with Crippen LogP contribution in [-0.4, -0.2) is 24.5 Å². The summed E-state index contributed by atoms with van der Waals surface area (Å²) in [6.07, 6.45) is 5.62. The summed E-state index contributed by atoms with van der Waals surface area (Å²) in [6.45, 7) is 3.14. The van der Waals surface area contributed by atoms with Gasteiger partial charge < -0.3 is 9.73 Å². The van der Waals surface area contributed by atoms with Gasteiger partial charge in [0.05, 0.1) is 6.54 Å². The van der Waals surface area contributed by atoms with Crippen LogP contribution in [0.4, 0.5) is 0 Å². The third-order valence-corrected chi connectivity index (χ3v) is 4.73. The van der Waals surface area contributed by atoms with Crippen LogP contribution >= 0.6 is 0 Å². The molecule has 2 fully saturated rings. The van der Waals surface area contributed by atoms with E-state index in [1.807, 2.05) is 7.05 Å². The molecule has 21 heavy (non-hydrogen) atoms. The number of benzene rings is 1. The maximum atomic E-state index is 6.07. The Labute approximate surface area is 126 Å². The van der Waals surface area contributed by atoms with Gasteiger partial charge >= 0.3 is 0 Å². The smallest absolute Gasteiger partial charge is 0.134 e. The van der Waals surface area contributed by atoms with Crippen molar-refractivity contribution < 1.29 is 4.42 Å². The lowest BCUT2D eigenvalue weighted by atomic mass is 10.1. The molecule has 0 unspecified atom stereocenters. The monoisotopic (exact) mass is 284 g/mol. The van der Waals surface area contributed by atoms with Gasteiger partial charge in [-0.2, -0.15) is 0 Å². The van der Waals surface area contributed by atoms with Crippen LogP contribution in [0.25, 0.3) is 11.0 Å². The second kappa shape index (κ2) is 5.47. The number of nitrogens with one attached hydrogen (secondary N) is 1. The van der Waals surface area contributed by atoms with E-state index in [2.05, 4.69) is 34.5 Å². The van der Waals surface area contributed by atoms with E-state index in [-0.39, 0.29) is 0 Å². The topological polar surface area (TPSA) is 28.4 Å². The molecule has 112 valence electrons. The van der Waals surface area contributed by atoms with Crippen molar-refractivity contribution in [2.45, 2.75) is 44.8 Å². The van der Waals surface area contributed by atoms with Crippen molar-refractivity contribution in [3.8, 4) is 0 Å². The Morgan fingerprint density at radius 2 is 2.00 bits per heavy atom. The van der Waals surface area contributed by atoms with Crippen LogP contribution in [0.1, 0.15) is 37.0 Å². The van der Waals surface area contributed by atoms with E-state index in [4.69, 9.17) is 4.42 Å². The Kier molecular flexibility index (Phi) is 3.48. The number of hydrogen-bond donors (Lipinski definition) is 1. The molecule has 1 aromatic heterocycles. The summed E-state index contributed by atoms with van der Waals surface area (Å²) in [5, 5.41) is 4.54. The maximum Gasteiger partial charge on any atom is 0.134 e. The largest absolute Gasteiger partial charge is 0.459 e. The fourth-order valence-corrected chi connectivity index (χ4v) is 3.24. The van der Waals surface area contributed by atoms with Gasteiger partial charge in [0.15, 0.2) is 0 Å². The van der Waals surface area contributed by atoms with E-state index < -0.39 is 0 Å². The number of nitrogens with zero attached hydrogens (tertiary/aromatic N) is 1. The van der Waals surface area contributed by atoms with Crippen LogP contribution in [0.15, 0.2) is 28.7 Å². The fourth-order valence-electron chi connectivity index (χ4n) is 3.24. The van der Waals surface area contributed by atoms with Crippen molar-refractivity contribution in [2.24, 2.45) is 5.92 Å². The van der Waals surface area contributed by atoms with E-state index in [0.717, 1.165) is 36.4 Å². The minimum absolute atomic E-state index is 0.811. The molecule has 1 N–H and O–H groups in total. The normalized spacial score (nSPS) is 18.8. The molecule has 0 aliphatic heterocycles. The van der Waals surface area contributed by atoms with Crippen LogP contribution < -0.4 is 5.32 Å². The summed E-state index contributed by atoms with van der Waals surface area (Å²) in [6, 6.07) is 9.28. The van der Waals surface area contributed by atoms with Gasteiger partial charge in [-0.05, 0) is 44.7 Å². The number of rotatable bonds is 7. The molecule has 3 heteroatoms. The lowest BCUT2D eigenvalue weighted by Crippen LogP contribution is -2.28. The molecule has 2 aliphatic carbocycles. The maximum absolute atomic E-state index is 6.07. The standard InChI is InChI=1S/C18H24N2O/c1-19-10-18-16(15-4-2-3-5-17(15)21-18)12-20(14-8-9-14)11-13-6-7-13/h2-5,13-14,19H,6-12H2,1H3. The van der Waals surface area contributed by atoms with E-state index >= 15 is 0 Å². The summed E-state index contributed by atoms with van der Waals surface area (Å²) in [5.41, 5.74) is 2.42. The highest BCUT2D eigenvalue weighted by Crippen LogP contribution is 2.37. The molecule has 2 aromatic rings. The molecular weight excluding hydrogens is 260 g/mol. The van der Waals surface area contributed by atoms with Crippen LogP contribution in [-0.2, 0) is 13.1 Å². The predicted octanol–water partition coefficient (Wildman–Crippen LogP) is 3.53. The van der Waals surface area contributed by atoms with E-state index in [1.165, 1.54) is 43.2 Å². The molecule has 0 spiro atoms. The van der Waals surface area contributed by atoms with Crippen molar-refractivity contribution >= 4 is 11.0 Å². The molecule has 4 rings (SSSR count). The second-order valence-electron chi connectivity index (χ2n) is 6.63.